The monoisotopic (exact) mass is 133 g/mol. The number of rotatable bonds is 0. The first kappa shape index (κ1) is 5.83. The van der Waals surface area contributed by atoms with Gasteiger partial charge in [0.05, 0.1) is 5.08 Å². The maximum Gasteiger partial charge on any atom is 0.0718 e. The molecule has 0 saturated carbocycles. The predicted octanol–water partition coefficient (Wildman–Crippen LogP) is 2.36. The van der Waals surface area contributed by atoms with Crippen LogP contribution in [0, 0.1) is 5.08 Å². The van der Waals surface area contributed by atoms with E-state index in [1.165, 1.54) is 5.75 Å². The summed E-state index contributed by atoms with van der Waals surface area (Å²) in [6, 6.07) is 0. The molecule has 1 radical (unpaired) electrons. The molecule has 41 valence electrons. The van der Waals surface area contributed by atoms with Crippen LogP contribution in [0.2, 0.25) is 0 Å². The quantitative estimate of drug-likeness (QED) is 0.497. The van der Waals surface area contributed by atoms with Crippen LogP contribution in [0.5, 0.6) is 0 Å². The normalized spacial score (nSPS) is 28.3. The molecule has 0 N–H and O–H groups in total. The third-order valence-corrected chi connectivity index (χ3v) is 3.65. The first-order valence-corrected chi connectivity index (χ1v) is 4.25. The van der Waals surface area contributed by atoms with Gasteiger partial charge in [-0.25, -0.2) is 0 Å². The van der Waals surface area contributed by atoms with Crippen molar-refractivity contribution in [2.45, 2.75) is 18.6 Å². The van der Waals surface area contributed by atoms with E-state index in [1.54, 1.807) is 0 Å². The van der Waals surface area contributed by atoms with Crippen LogP contribution in [-0.2, 0) is 0 Å². The Morgan fingerprint density at radius 1 is 1.57 bits per heavy atom. The average Bonchev–Trinajstić information content (AvgIpc) is 1.84. The van der Waals surface area contributed by atoms with E-state index in [-0.39, 0.29) is 0 Å². The average molecular weight is 133 g/mol. The fourth-order valence-electron chi connectivity index (χ4n) is 0.433. The van der Waals surface area contributed by atoms with Crippen molar-refractivity contribution in [1.82, 2.24) is 0 Å². The third-order valence-electron chi connectivity index (χ3n) is 0.866. The SMILES string of the molecule is CC1(C)CS[CH]S1. The van der Waals surface area contributed by atoms with Gasteiger partial charge in [0.15, 0.2) is 0 Å². The molecular formula is C5H9S2. The summed E-state index contributed by atoms with van der Waals surface area (Å²) in [5.41, 5.74) is 0. The minimum absolute atomic E-state index is 0.519. The summed E-state index contributed by atoms with van der Waals surface area (Å²) < 4.78 is 0.519. The van der Waals surface area contributed by atoms with E-state index in [2.05, 4.69) is 18.9 Å². The van der Waals surface area contributed by atoms with Crippen molar-refractivity contribution in [2.75, 3.05) is 5.75 Å². The maximum absolute atomic E-state index is 2.27. The molecule has 1 aliphatic rings. The number of thioether (sulfide) groups is 2. The number of hydrogen-bond acceptors (Lipinski definition) is 2. The molecule has 0 aromatic carbocycles. The molecule has 0 spiro atoms. The van der Waals surface area contributed by atoms with E-state index in [1.807, 2.05) is 23.5 Å². The second-order valence-electron chi connectivity index (χ2n) is 2.28. The summed E-state index contributed by atoms with van der Waals surface area (Å²) in [4.78, 5) is 0. The molecule has 1 fully saturated rings. The summed E-state index contributed by atoms with van der Waals surface area (Å²) in [5.74, 6) is 1.28. The molecule has 0 atom stereocenters. The van der Waals surface area contributed by atoms with Crippen LogP contribution in [0.25, 0.3) is 0 Å². The second-order valence-corrected chi connectivity index (χ2v) is 5.02. The Morgan fingerprint density at radius 2 is 2.29 bits per heavy atom. The second kappa shape index (κ2) is 1.90. The van der Waals surface area contributed by atoms with Crippen molar-refractivity contribution in [3.8, 4) is 0 Å². The molecule has 0 nitrogen and oxygen atoms in total. The highest BCUT2D eigenvalue weighted by Gasteiger charge is 2.23. The molecule has 1 heterocycles. The van der Waals surface area contributed by atoms with Gasteiger partial charge in [-0.05, 0) is 13.8 Å². The van der Waals surface area contributed by atoms with Crippen molar-refractivity contribution in [1.29, 1.82) is 0 Å². The smallest absolute Gasteiger partial charge is 0.0718 e. The van der Waals surface area contributed by atoms with Crippen LogP contribution in [0.4, 0.5) is 0 Å². The Labute approximate surface area is 53.4 Å². The summed E-state index contributed by atoms with van der Waals surface area (Å²) in [6.07, 6.45) is 0. The predicted molar refractivity (Wildman–Crippen MR) is 38.4 cm³/mol. The van der Waals surface area contributed by atoms with E-state index in [0.29, 0.717) is 4.75 Å². The lowest BCUT2D eigenvalue weighted by molar-refractivity contribution is 0.827. The van der Waals surface area contributed by atoms with Gasteiger partial charge in [-0.1, -0.05) is 0 Å². The van der Waals surface area contributed by atoms with Gasteiger partial charge in [-0.3, -0.25) is 0 Å². The van der Waals surface area contributed by atoms with Crippen molar-refractivity contribution < 1.29 is 0 Å². The Balaban J connectivity index is 2.40. The zero-order valence-corrected chi connectivity index (χ0v) is 6.23. The van der Waals surface area contributed by atoms with Crippen LogP contribution < -0.4 is 0 Å². The van der Waals surface area contributed by atoms with E-state index in [4.69, 9.17) is 0 Å². The molecule has 0 bridgehead atoms. The number of hydrogen-bond donors (Lipinski definition) is 0. The summed E-state index contributed by atoms with van der Waals surface area (Å²) in [7, 11) is 0. The molecule has 2 heteroatoms. The summed E-state index contributed by atoms with van der Waals surface area (Å²) in [5, 5.41) is 2.22. The summed E-state index contributed by atoms with van der Waals surface area (Å²) in [6.45, 7) is 4.54. The van der Waals surface area contributed by atoms with Crippen LogP contribution in [0.3, 0.4) is 0 Å². The minimum atomic E-state index is 0.519. The Kier molecular flexibility index (Phi) is 1.58. The van der Waals surface area contributed by atoms with Gasteiger partial charge in [-0.2, -0.15) is 0 Å². The molecule has 0 aromatic heterocycles. The molecule has 0 amide bonds. The van der Waals surface area contributed by atoms with Gasteiger partial charge in [0.2, 0.25) is 0 Å². The maximum atomic E-state index is 2.27. The van der Waals surface area contributed by atoms with Gasteiger partial charge in [0.1, 0.15) is 0 Å². The van der Waals surface area contributed by atoms with Crippen molar-refractivity contribution in [2.24, 2.45) is 0 Å². The highest BCUT2D eigenvalue weighted by Crippen LogP contribution is 2.42. The summed E-state index contributed by atoms with van der Waals surface area (Å²) >= 11 is 3.86. The largest absolute Gasteiger partial charge is 0.144 e. The van der Waals surface area contributed by atoms with E-state index in [0.717, 1.165) is 0 Å². The molecule has 7 heavy (non-hydrogen) atoms. The molecule has 0 aliphatic carbocycles. The lowest BCUT2D eigenvalue weighted by Gasteiger charge is -2.11. The van der Waals surface area contributed by atoms with Crippen LogP contribution in [-0.4, -0.2) is 10.5 Å². The zero-order valence-electron chi connectivity index (χ0n) is 4.60. The van der Waals surface area contributed by atoms with Crippen LogP contribution in [0.1, 0.15) is 13.8 Å². The van der Waals surface area contributed by atoms with Gasteiger partial charge in [-0.15, -0.1) is 23.5 Å². The topological polar surface area (TPSA) is 0 Å². The first-order chi connectivity index (χ1) is 3.21. The molecule has 1 rings (SSSR count). The molecule has 0 unspecified atom stereocenters. The van der Waals surface area contributed by atoms with Gasteiger partial charge in [0, 0.05) is 10.5 Å². The van der Waals surface area contributed by atoms with Crippen LogP contribution >= 0.6 is 23.5 Å². The van der Waals surface area contributed by atoms with E-state index >= 15 is 0 Å². The van der Waals surface area contributed by atoms with Gasteiger partial charge in [0.25, 0.3) is 0 Å². The van der Waals surface area contributed by atoms with Crippen LogP contribution in [0.15, 0.2) is 0 Å². The Bertz CT molecular complexity index is 60.5. The van der Waals surface area contributed by atoms with Crippen molar-refractivity contribution in [3.63, 3.8) is 0 Å². The van der Waals surface area contributed by atoms with E-state index in [9.17, 15) is 0 Å². The lowest BCUT2D eigenvalue weighted by Crippen LogP contribution is -2.11. The van der Waals surface area contributed by atoms with Crippen molar-refractivity contribution in [3.05, 3.63) is 5.08 Å². The zero-order chi connectivity index (χ0) is 5.33. The Morgan fingerprint density at radius 3 is 2.43 bits per heavy atom. The van der Waals surface area contributed by atoms with E-state index < -0.39 is 0 Å². The fourth-order valence-corrected chi connectivity index (χ4v) is 2.90. The highest BCUT2D eigenvalue weighted by molar-refractivity contribution is 8.23. The molecular weight excluding hydrogens is 124 g/mol. The Hall–Kier alpha value is 0.700. The third kappa shape index (κ3) is 1.57. The first-order valence-electron chi connectivity index (χ1n) is 2.32. The molecule has 1 saturated heterocycles. The van der Waals surface area contributed by atoms with Gasteiger partial charge < -0.3 is 0 Å². The standard InChI is InChI=1S/C5H9S2/c1-5(2)3-6-4-7-5/h4H,3H2,1-2H3. The lowest BCUT2D eigenvalue weighted by atomic mass is 10.2. The minimum Gasteiger partial charge on any atom is -0.144 e. The van der Waals surface area contributed by atoms with Gasteiger partial charge >= 0.3 is 0 Å². The highest BCUT2D eigenvalue weighted by atomic mass is 32.2. The molecule has 0 aromatic rings. The fraction of sp³-hybridized carbons (Fsp3) is 0.800. The van der Waals surface area contributed by atoms with Crippen molar-refractivity contribution >= 4 is 23.5 Å². The molecule has 1 aliphatic heterocycles.